The summed E-state index contributed by atoms with van der Waals surface area (Å²) in [6.07, 6.45) is 4.57. The zero-order valence-corrected chi connectivity index (χ0v) is 10.3. The van der Waals surface area contributed by atoms with E-state index in [1.807, 2.05) is 0 Å². The molecule has 90 valence electrons. The number of hydrogen-bond donors (Lipinski definition) is 1. The van der Waals surface area contributed by atoms with E-state index in [-0.39, 0.29) is 11.6 Å². The Balaban J connectivity index is 1.93. The summed E-state index contributed by atoms with van der Waals surface area (Å²) >= 11 is 0. The van der Waals surface area contributed by atoms with Crippen LogP contribution in [0.2, 0.25) is 0 Å². The Morgan fingerprint density at radius 1 is 1.50 bits per heavy atom. The molecule has 1 aliphatic heterocycles. The van der Waals surface area contributed by atoms with Gasteiger partial charge in [0.15, 0.2) is 0 Å². The van der Waals surface area contributed by atoms with Crippen LogP contribution in [-0.2, 0) is 4.74 Å². The first-order valence-electron chi connectivity index (χ1n) is 6.43. The summed E-state index contributed by atoms with van der Waals surface area (Å²) in [5.74, 6) is 1.32. The third kappa shape index (κ3) is 2.75. The molecule has 0 aromatic rings. The van der Waals surface area contributed by atoms with Crippen LogP contribution in [0.25, 0.3) is 0 Å². The van der Waals surface area contributed by atoms with Gasteiger partial charge in [0.05, 0.1) is 12.2 Å². The predicted octanol–water partition coefficient (Wildman–Crippen LogP) is 2.08. The van der Waals surface area contributed by atoms with Gasteiger partial charge in [-0.25, -0.2) is 0 Å². The Morgan fingerprint density at radius 3 is 2.81 bits per heavy atom. The van der Waals surface area contributed by atoms with Crippen LogP contribution in [-0.4, -0.2) is 24.8 Å². The van der Waals surface area contributed by atoms with Gasteiger partial charge in [-0.1, -0.05) is 13.8 Å². The molecule has 0 bridgehead atoms. The summed E-state index contributed by atoms with van der Waals surface area (Å²) in [4.78, 5) is 0. The Hall–Kier alpha value is -0.590. The van der Waals surface area contributed by atoms with Crippen molar-refractivity contribution in [1.82, 2.24) is 5.32 Å². The molecule has 1 saturated heterocycles. The van der Waals surface area contributed by atoms with E-state index < -0.39 is 0 Å². The van der Waals surface area contributed by atoms with E-state index in [4.69, 9.17) is 4.74 Å². The second-order valence-corrected chi connectivity index (χ2v) is 5.63. The van der Waals surface area contributed by atoms with Gasteiger partial charge < -0.3 is 4.74 Å². The van der Waals surface area contributed by atoms with E-state index in [0.717, 1.165) is 25.3 Å². The first-order chi connectivity index (χ1) is 7.65. The molecular weight excluding hydrogens is 200 g/mol. The molecule has 0 aromatic heterocycles. The lowest BCUT2D eigenvalue weighted by molar-refractivity contribution is -0.0386. The van der Waals surface area contributed by atoms with Gasteiger partial charge in [0.2, 0.25) is 0 Å². The van der Waals surface area contributed by atoms with Gasteiger partial charge in [0, 0.05) is 19.4 Å². The normalized spacial score (nSPS) is 35.0. The van der Waals surface area contributed by atoms with E-state index in [1.54, 1.807) is 0 Å². The van der Waals surface area contributed by atoms with Crippen LogP contribution in [0.15, 0.2) is 0 Å². The maximum Gasteiger partial charge on any atom is 0.111 e. The molecule has 1 N–H and O–H groups in total. The molecule has 1 heterocycles. The molecule has 3 nitrogen and oxygen atoms in total. The van der Waals surface area contributed by atoms with Gasteiger partial charge >= 0.3 is 0 Å². The minimum Gasteiger partial charge on any atom is -0.378 e. The third-order valence-electron chi connectivity index (χ3n) is 3.79. The molecule has 2 atom stereocenters. The van der Waals surface area contributed by atoms with Crippen LogP contribution in [0, 0.1) is 23.2 Å². The van der Waals surface area contributed by atoms with Crippen LogP contribution in [0.5, 0.6) is 0 Å². The lowest BCUT2D eigenvalue weighted by Gasteiger charge is -2.38. The molecule has 3 heteroatoms. The first-order valence-corrected chi connectivity index (χ1v) is 6.43. The zero-order valence-electron chi connectivity index (χ0n) is 10.3. The Bertz CT molecular complexity index is 280. The quantitative estimate of drug-likeness (QED) is 0.792. The maximum atomic E-state index is 9.41. The van der Waals surface area contributed by atoms with Crippen molar-refractivity contribution in [1.29, 1.82) is 5.26 Å². The maximum absolute atomic E-state index is 9.41. The fraction of sp³-hybridized carbons (Fsp3) is 0.923. The summed E-state index contributed by atoms with van der Waals surface area (Å²) in [6.45, 7) is 6.06. The molecule has 0 amide bonds. The fourth-order valence-corrected chi connectivity index (χ4v) is 2.28. The largest absolute Gasteiger partial charge is 0.378 e. The molecule has 0 spiro atoms. The SMILES string of the molecule is CC(C)C1CC(C#N)(NCC2CC2)CCO1. The lowest BCUT2D eigenvalue weighted by Crippen LogP contribution is -2.52. The Morgan fingerprint density at radius 2 is 2.25 bits per heavy atom. The Kier molecular flexibility index (Phi) is 3.51. The summed E-state index contributed by atoms with van der Waals surface area (Å²) in [7, 11) is 0. The highest BCUT2D eigenvalue weighted by Crippen LogP contribution is 2.32. The summed E-state index contributed by atoms with van der Waals surface area (Å²) in [5.41, 5.74) is -0.324. The topological polar surface area (TPSA) is 45.0 Å². The number of nitriles is 1. The monoisotopic (exact) mass is 222 g/mol. The van der Waals surface area contributed by atoms with Crippen LogP contribution < -0.4 is 5.32 Å². The predicted molar refractivity (Wildman–Crippen MR) is 62.9 cm³/mol. The van der Waals surface area contributed by atoms with E-state index >= 15 is 0 Å². The minimum absolute atomic E-state index is 0.236. The first kappa shape index (κ1) is 11.9. The van der Waals surface area contributed by atoms with E-state index in [1.165, 1.54) is 12.8 Å². The fourth-order valence-electron chi connectivity index (χ4n) is 2.28. The average Bonchev–Trinajstić information content (AvgIpc) is 3.10. The zero-order chi connectivity index (χ0) is 11.6. The van der Waals surface area contributed by atoms with Crippen molar-refractivity contribution in [3.05, 3.63) is 0 Å². The van der Waals surface area contributed by atoms with Crippen LogP contribution in [0.3, 0.4) is 0 Å². The molecule has 2 fully saturated rings. The van der Waals surface area contributed by atoms with Crippen molar-refractivity contribution < 1.29 is 4.74 Å². The summed E-state index contributed by atoms with van der Waals surface area (Å²) < 4.78 is 5.73. The molecule has 2 rings (SSSR count). The highest BCUT2D eigenvalue weighted by molar-refractivity contribution is 5.10. The summed E-state index contributed by atoms with van der Waals surface area (Å²) in [6, 6.07) is 2.49. The molecule has 16 heavy (non-hydrogen) atoms. The van der Waals surface area contributed by atoms with Crippen LogP contribution in [0.1, 0.15) is 39.5 Å². The average molecular weight is 222 g/mol. The van der Waals surface area contributed by atoms with Gasteiger partial charge in [-0.2, -0.15) is 5.26 Å². The van der Waals surface area contributed by atoms with Gasteiger partial charge in [0.1, 0.15) is 5.54 Å². The van der Waals surface area contributed by atoms with E-state index in [2.05, 4.69) is 25.2 Å². The van der Waals surface area contributed by atoms with Crippen molar-refractivity contribution in [2.75, 3.05) is 13.2 Å². The van der Waals surface area contributed by atoms with Crippen LogP contribution in [0.4, 0.5) is 0 Å². The van der Waals surface area contributed by atoms with Crippen molar-refractivity contribution in [2.24, 2.45) is 11.8 Å². The third-order valence-corrected chi connectivity index (χ3v) is 3.79. The van der Waals surface area contributed by atoms with Crippen LogP contribution >= 0.6 is 0 Å². The highest BCUT2D eigenvalue weighted by atomic mass is 16.5. The molecular formula is C13H22N2O. The van der Waals surface area contributed by atoms with Crippen molar-refractivity contribution in [3.8, 4) is 6.07 Å². The number of hydrogen-bond acceptors (Lipinski definition) is 3. The number of ether oxygens (including phenoxy) is 1. The number of rotatable bonds is 4. The second kappa shape index (κ2) is 4.73. The smallest absolute Gasteiger partial charge is 0.111 e. The molecule has 2 aliphatic rings. The minimum atomic E-state index is -0.324. The Labute approximate surface area is 98.2 Å². The standard InChI is InChI=1S/C13H22N2O/c1-10(2)12-7-13(9-14,5-6-16-12)15-8-11-3-4-11/h10-12,15H,3-8H2,1-2H3. The molecule has 2 unspecified atom stereocenters. The van der Waals surface area contributed by atoms with Crippen molar-refractivity contribution in [2.45, 2.75) is 51.2 Å². The van der Waals surface area contributed by atoms with E-state index in [9.17, 15) is 5.26 Å². The molecule has 1 aliphatic carbocycles. The molecule has 0 radical (unpaired) electrons. The van der Waals surface area contributed by atoms with Crippen molar-refractivity contribution >= 4 is 0 Å². The molecule has 1 saturated carbocycles. The number of nitrogens with one attached hydrogen (secondary N) is 1. The van der Waals surface area contributed by atoms with Crippen molar-refractivity contribution in [3.63, 3.8) is 0 Å². The summed E-state index contributed by atoms with van der Waals surface area (Å²) in [5, 5.41) is 12.9. The van der Waals surface area contributed by atoms with Gasteiger partial charge in [0.25, 0.3) is 0 Å². The van der Waals surface area contributed by atoms with Gasteiger partial charge in [-0.3, -0.25) is 5.32 Å². The number of nitrogens with zero attached hydrogens (tertiary/aromatic N) is 1. The van der Waals surface area contributed by atoms with Gasteiger partial charge in [-0.15, -0.1) is 0 Å². The highest BCUT2D eigenvalue weighted by Gasteiger charge is 2.39. The molecule has 0 aromatic carbocycles. The van der Waals surface area contributed by atoms with E-state index in [0.29, 0.717) is 12.5 Å². The van der Waals surface area contributed by atoms with Gasteiger partial charge in [-0.05, 0) is 31.2 Å². The lowest BCUT2D eigenvalue weighted by atomic mass is 9.84. The second-order valence-electron chi connectivity index (χ2n) is 5.63.